The van der Waals surface area contributed by atoms with Gasteiger partial charge in [-0.15, -0.1) is 0 Å². The number of nitrogen functional groups attached to an aromatic ring is 1. The first-order valence-electron chi connectivity index (χ1n) is 10.6. The van der Waals surface area contributed by atoms with Gasteiger partial charge in [-0.05, 0) is 36.8 Å². The summed E-state index contributed by atoms with van der Waals surface area (Å²) in [6, 6.07) is 11.1. The summed E-state index contributed by atoms with van der Waals surface area (Å²) in [6.07, 6.45) is 7.21. The van der Waals surface area contributed by atoms with Crippen LogP contribution in [0.5, 0.6) is 0 Å². The molecule has 0 fully saturated rings. The number of halogens is 1. The first-order valence-corrected chi connectivity index (χ1v) is 11.8. The summed E-state index contributed by atoms with van der Waals surface area (Å²) in [5, 5.41) is 4.45. The average molecular weight is 468 g/mol. The van der Waals surface area contributed by atoms with E-state index < -0.39 is 0 Å². The highest BCUT2D eigenvalue weighted by atomic mass is 35.5. The van der Waals surface area contributed by atoms with Crippen LogP contribution in [0.4, 0.5) is 5.69 Å². The summed E-state index contributed by atoms with van der Waals surface area (Å²) in [7, 11) is 0. The van der Waals surface area contributed by atoms with Crippen molar-refractivity contribution in [3.05, 3.63) is 87.3 Å². The molecule has 8 heteroatoms. The van der Waals surface area contributed by atoms with E-state index in [1.54, 1.807) is 22.4 Å². The van der Waals surface area contributed by atoms with Crippen molar-refractivity contribution in [2.75, 3.05) is 5.73 Å². The first-order chi connectivity index (χ1) is 15.4. The zero-order valence-corrected chi connectivity index (χ0v) is 19.9. The van der Waals surface area contributed by atoms with Gasteiger partial charge in [0.2, 0.25) is 0 Å². The Hall–Kier alpha value is -2.90. The molecule has 2 aromatic carbocycles. The summed E-state index contributed by atoms with van der Waals surface area (Å²) in [6.45, 7) is 6.53. The molecule has 3 N–H and O–H groups in total. The van der Waals surface area contributed by atoms with Crippen LogP contribution in [-0.2, 0) is 6.54 Å². The van der Waals surface area contributed by atoms with Gasteiger partial charge in [0.25, 0.3) is 5.56 Å². The molecule has 0 saturated carbocycles. The van der Waals surface area contributed by atoms with E-state index >= 15 is 0 Å². The number of aromatic nitrogens is 2. The lowest BCUT2D eigenvalue weighted by Gasteiger charge is -2.14. The summed E-state index contributed by atoms with van der Waals surface area (Å²) < 4.78 is 1.67. The van der Waals surface area contributed by atoms with Gasteiger partial charge in [0.1, 0.15) is 5.82 Å². The van der Waals surface area contributed by atoms with Crippen molar-refractivity contribution < 1.29 is 0 Å². The highest BCUT2D eigenvalue weighted by molar-refractivity contribution is 8.09. The van der Waals surface area contributed by atoms with E-state index in [1.165, 1.54) is 6.42 Å². The number of rotatable bonds is 3. The fourth-order valence-corrected chi connectivity index (χ4v) is 4.82. The third-order valence-electron chi connectivity index (χ3n) is 5.10. The molecule has 2 aliphatic rings. The molecule has 0 aliphatic carbocycles. The normalized spacial score (nSPS) is 16.4. The smallest absolute Gasteiger partial charge is 0.261 e. The summed E-state index contributed by atoms with van der Waals surface area (Å²) >= 11 is 7.64. The van der Waals surface area contributed by atoms with Crippen LogP contribution in [0.1, 0.15) is 37.2 Å². The van der Waals surface area contributed by atoms with E-state index in [4.69, 9.17) is 22.3 Å². The number of aryl methyl sites for hydroxylation is 1. The number of nitrogens with one attached hydrogen (secondary N) is 1. The van der Waals surface area contributed by atoms with Crippen LogP contribution in [0.3, 0.4) is 0 Å². The van der Waals surface area contributed by atoms with Crippen LogP contribution in [-0.4, -0.2) is 19.9 Å². The molecule has 6 nitrogen and oxygen atoms in total. The molecule has 0 amide bonds. The summed E-state index contributed by atoms with van der Waals surface area (Å²) in [5.74, 6) is 0.659. The van der Waals surface area contributed by atoms with Gasteiger partial charge in [0.15, 0.2) is 5.50 Å². The van der Waals surface area contributed by atoms with Crippen molar-refractivity contribution in [1.82, 2.24) is 19.8 Å². The van der Waals surface area contributed by atoms with Crippen molar-refractivity contribution in [2.24, 2.45) is 0 Å². The predicted molar refractivity (Wildman–Crippen MR) is 135 cm³/mol. The van der Waals surface area contributed by atoms with E-state index in [2.05, 4.69) is 30.3 Å². The molecule has 0 spiro atoms. The van der Waals surface area contributed by atoms with Crippen LogP contribution >= 0.6 is 23.4 Å². The zero-order valence-electron chi connectivity index (χ0n) is 18.3. The molecule has 5 rings (SSSR count). The van der Waals surface area contributed by atoms with Gasteiger partial charge >= 0.3 is 0 Å². The van der Waals surface area contributed by atoms with E-state index in [1.807, 2.05) is 49.7 Å². The van der Waals surface area contributed by atoms with E-state index in [0.717, 1.165) is 16.0 Å². The minimum atomic E-state index is -0.0982. The Morgan fingerprint density at radius 2 is 1.94 bits per heavy atom. The van der Waals surface area contributed by atoms with Crippen LogP contribution in [0.15, 0.2) is 59.8 Å². The standard InChI is InChI=1S/C21H18ClN5OS.C3H8/c1-12-25-18-9-15(19-11-26-7-6-24-21(26)29-19)17(23)8-16(18)20(28)27(12)10-13-2-4-14(22)5-3-13;1-3-2/h2-9,11,21,24H,10,23H2,1H3;3H2,1-2H3. The topological polar surface area (TPSA) is 76.2 Å². The van der Waals surface area contributed by atoms with Crippen molar-refractivity contribution in [3.8, 4) is 0 Å². The quantitative estimate of drug-likeness (QED) is 0.521. The fraction of sp³-hybridized carbons (Fsp3) is 0.250. The van der Waals surface area contributed by atoms with Crippen LogP contribution in [0.25, 0.3) is 15.8 Å². The Morgan fingerprint density at radius 1 is 1.22 bits per heavy atom. The lowest BCUT2D eigenvalue weighted by Crippen LogP contribution is -2.24. The Kier molecular flexibility index (Phi) is 6.48. The van der Waals surface area contributed by atoms with Crippen LogP contribution < -0.4 is 16.6 Å². The molecule has 32 heavy (non-hydrogen) atoms. The summed E-state index contributed by atoms with van der Waals surface area (Å²) in [4.78, 5) is 21.0. The number of hydrogen-bond acceptors (Lipinski definition) is 6. The SMILES string of the molecule is CCC.Cc1nc2cc(C3=CN4C=CNC4S3)c(N)cc2c(=O)n1Cc1ccc(Cl)cc1. The maximum atomic E-state index is 13.2. The number of hydrogen-bond donors (Lipinski definition) is 2. The number of benzene rings is 2. The number of thioether (sulfide) groups is 1. The summed E-state index contributed by atoms with van der Waals surface area (Å²) in [5.41, 5.74) is 9.51. The van der Waals surface area contributed by atoms with Gasteiger partial charge in [0, 0.05) is 39.8 Å². The van der Waals surface area contributed by atoms with Crippen molar-refractivity contribution in [2.45, 2.75) is 39.2 Å². The molecule has 0 radical (unpaired) electrons. The van der Waals surface area contributed by atoms with Gasteiger partial charge in [-0.3, -0.25) is 9.36 Å². The molecule has 1 unspecified atom stereocenters. The van der Waals surface area contributed by atoms with E-state index in [0.29, 0.717) is 34.0 Å². The maximum absolute atomic E-state index is 13.2. The molecule has 0 bridgehead atoms. The molecular formula is C24H26ClN5OS. The molecule has 0 saturated heterocycles. The van der Waals surface area contributed by atoms with Gasteiger partial charge in [0.05, 0.1) is 17.4 Å². The minimum absolute atomic E-state index is 0.0982. The van der Waals surface area contributed by atoms with Gasteiger partial charge in [-0.1, -0.05) is 55.8 Å². The Labute approximate surface area is 196 Å². The number of nitrogens with two attached hydrogens (primary N) is 1. The molecule has 3 heterocycles. The Bertz CT molecular complexity index is 1270. The molecule has 1 aromatic heterocycles. The van der Waals surface area contributed by atoms with Crippen molar-refractivity contribution in [3.63, 3.8) is 0 Å². The third-order valence-corrected chi connectivity index (χ3v) is 6.53. The predicted octanol–water partition coefficient (Wildman–Crippen LogP) is 5.11. The zero-order chi connectivity index (χ0) is 22.8. The van der Waals surface area contributed by atoms with Gasteiger partial charge in [-0.2, -0.15) is 0 Å². The van der Waals surface area contributed by atoms with Crippen LogP contribution in [0.2, 0.25) is 5.02 Å². The lowest BCUT2D eigenvalue weighted by molar-refractivity contribution is 0.493. The monoisotopic (exact) mass is 467 g/mol. The van der Waals surface area contributed by atoms with Crippen molar-refractivity contribution in [1.29, 1.82) is 0 Å². The maximum Gasteiger partial charge on any atom is 0.261 e. The number of fused-ring (bicyclic) bond motifs is 2. The van der Waals surface area contributed by atoms with E-state index in [-0.39, 0.29) is 11.1 Å². The Morgan fingerprint density at radius 3 is 2.62 bits per heavy atom. The highest BCUT2D eigenvalue weighted by Gasteiger charge is 2.28. The Balaban J connectivity index is 0.000000775. The minimum Gasteiger partial charge on any atom is -0.398 e. The largest absolute Gasteiger partial charge is 0.398 e. The molecule has 2 aliphatic heterocycles. The number of nitrogens with zero attached hydrogens (tertiary/aromatic N) is 3. The molecule has 1 atom stereocenters. The number of anilines is 1. The second-order valence-corrected chi connectivity index (χ2v) is 9.29. The van der Waals surface area contributed by atoms with Crippen molar-refractivity contribution >= 4 is 44.9 Å². The lowest BCUT2D eigenvalue weighted by atomic mass is 10.1. The third kappa shape index (κ3) is 4.36. The highest BCUT2D eigenvalue weighted by Crippen LogP contribution is 2.42. The average Bonchev–Trinajstić information content (AvgIpc) is 3.36. The second-order valence-electron chi connectivity index (χ2n) is 7.73. The van der Waals surface area contributed by atoms with Gasteiger partial charge in [-0.25, -0.2) is 4.98 Å². The fourth-order valence-electron chi connectivity index (χ4n) is 3.57. The second kappa shape index (κ2) is 9.30. The van der Waals surface area contributed by atoms with Gasteiger partial charge < -0.3 is 16.0 Å². The molecule has 166 valence electrons. The molecular weight excluding hydrogens is 442 g/mol. The van der Waals surface area contributed by atoms with E-state index in [9.17, 15) is 4.79 Å². The first kappa shape index (κ1) is 22.3. The van der Waals surface area contributed by atoms with Crippen LogP contribution in [0, 0.1) is 6.92 Å². The molecule has 3 aromatic rings.